The summed E-state index contributed by atoms with van der Waals surface area (Å²) in [5.74, 6) is -0.341. The SMILES string of the molecule is CNC(c1ccccc1Cl)c1ncccc1F. The lowest BCUT2D eigenvalue weighted by atomic mass is 10.0. The van der Waals surface area contributed by atoms with Crippen LogP contribution < -0.4 is 5.32 Å². The smallest absolute Gasteiger partial charge is 0.146 e. The molecule has 0 aliphatic rings. The van der Waals surface area contributed by atoms with Crippen molar-refractivity contribution in [1.29, 1.82) is 0 Å². The monoisotopic (exact) mass is 250 g/mol. The van der Waals surface area contributed by atoms with E-state index in [2.05, 4.69) is 10.3 Å². The van der Waals surface area contributed by atoms with Crippen molar-refractivity contribution in [2.75, 3.05) is 7.05 Å². The second kappa shape index (κ2) is 5.25. The van der Waals surface area contributed by atoms with Crippen molar-refractivity contribution in [3.63, 3.8) is 0 Å². The van der Waals surface area contributed by atoms with Crippen LogP contribution in [0.5, 0.6) is 0 Å². The molecule has 0 saturated heterocycles. The molecule has 0 aliphatic heterocycles. The first-order valence-electron chi connectivity index (χ1n) is 5.26. The van der Waals surface area contributed by atoms with Crippen LogP contribution in [0.1, 0.15) is 17.3 Å². The zero-order chi connectivity index (χ0) is 12.3. The standard InChI is InChI=1S/C13H12ClFN2/c1-16-12(9-5-2-3-6-10(9)14)13-11(15)7-4-8-17-13/h2-8,12,16H,1H3. The minimum atomic E-state index is -0.343. The number of rotatable bonds is 3. The summed E-state index contributed by atoms with van der Waals surface area (Å²) in [4.78, 5) is 4.07. The molecule has 0 saturated carbocycles. The lowest BCUT2D eigenvalue weighted by molar-refractivity contribution is 0.560. The van der Waals surface area contributed by atoms with Crippen LogP contribution in [0.15, 0.2) is 42.6 Å². The Labute approximate surface area is 104 Å². The minimum absolute atomic E-state index is 0.341. The molecule has 1 N–H and O–H groups in total. The maximum Gasteiger partial charge on any atom is 0.146 e. The van der Waals surface area contributed by atoms with Crippen LogP contribution in [-0.2, 0) is 0 Å². The molecule has 0 aliphatic carbocycles. The molecule has 1 heterocycles. The second-order valence-electron chi connectivity index (χ2n) is 3.61. The molecule has 1 aromatic carbocycles. The normalized spacial score (nSPS) is 12.4. The minimum Gasteiger partial charge on any atom is -0.308 e. The van der Waals surface area contributed by atoms with Crippen molar-refractivity contribution in [2.45, 2.75) is 6.04 Å². The highest BCUT2D eigenvalue weighted by Gasteiger charge is 2.19. The Morgan fingerprint density at radius 1 is 1.24 bits per heavy atom. The van der Waals surface area contributed by atoms with E-state index in [1.165, 1.54) is 6.07 Å². The van der Waals surface area contributed by atoms with Crippen LogP contribution in [0, 0.1) is 5.82 Å². The Hall–Kier alpha value is -1.45. The molecule has 2 aromatic rings. The Morgan fingerprint density at radius 2 is 2.00 bits per heavy atom. The van der Waals surface area contributed by atoms with Gasteiger partial charge in [0.25, 0.3) is 0 Å². The van der Waals surface area contributed by atoms with E-state index in [1.807, 2.05) is 18.2 Å². The summed E-state index contributed by atoms with van der Waals surface area (Å²) < 4.78 is 13.7. The molecule has 1 atom stereocenters. The van der Waals surface area contributed by atoms with Crippen LogP contribution in [-0.4, -0.2) is 12.0 Å². The molecule has 2 rings (SSSR count). The highest BCUT2D eigenvalue weighted by molar-refractivity contribution is 6.31. The highest BCUT2D eigenvalue weighted by Crippen LogP contribution is 2.27. The largest absolute Gasteiger partial charge is 0.308 e. The lowest BCUT2D eigenvalue weighted by Gasteiger charge is -2.17. The number of hydrogen-bond acceptors (Lipinski definition) is 2. The fourth-order valence-corrected chi connectivity index (χ4v) is 2.00. The fraction of sp³-hybridized carbons (Fsp3) is 0.154. The van der Waals surface area contributed by atoms with E-state index in [4.69, 9.17) is 11.6 Å². The van der Waals surface area contributed by atoms with Gasteiger partial charge in [0.05, 0.1) is 11.7 Å². The summed E-state index contributed by atoms with van der Waals surface area (Å²) in [5.41, 5.74) is 1.16. The molecular formula is C13H12ClFN2. The maximum atomic E-state index is 13.7. The average Bonchev–Trinajstić information content (AvgIpc) is 2.34. The van der Waals surface area contributed by atoms with Gasteiger partial charge in [-0.2, -0.15) is 0 Å². The topological polar surface area (TPSA) is 24.9 Å². The zero-order valence-corrected chi connectivity index (χ0v) is 10.1. The summed E-state index contributed by atoms with van der Waals surface area (Å²) >= 11 is 6.11. The van der Waals surface area contributed by atoms with Crippen molar-refractivity contribution in [2.24, 2.45) is 0 Å². The van der Waals surface area contributed by atoms with E-state index in [1.54, 1.807) is 25.4 Å². The molecule has 4 heteroatoms. The zero-order valence-electron chi connectivity index (χ0n) is 9.32. The van der Waals surface area contributed by atoms with E-state index in [0.717, 1.165) is 5.56 Å². The molecule has 0 bridgehead atoms. The van der Waals surface area contributed by atoms with Crippen molar-refractivity contribution in [3.8, 4) is 0 Å². The van der Waals surface area contributed by atoms with E-state index in [9.17, 15) is 4.39 Å². The second-order valence-corrected chi connectivity index (χ2v) is 4.02. The van der Waals surface area contributed by atoms with Crippen LogP contribution in [0.25, 0.3) is 0 Å². The summed E-state index contributed by atoms with van der Waals surface area (Å²) in [6, 6.07) is 9.96. The Morgan fingerprint density at radius 3 is 2.65 bits per heavy atom. The number of benzene rings is 1. The van der Waals surface area contributed by atoms with Gasteiger partial charge in [-0.15, -0.1) is 0 Å². The summed E-state index contributed by atoms with van der Waals surface area (Å²) in [6.45, 7) is 0. The Balaban J connectivity index is 2.48. The van der Waals surface area contributed by atoms with Gasteiger partial charge >= 0.3 is 0 Å². The molecule has 88 valence electrons. The van der Waals surface area contributed by atoms with Gasteiger partial charge < -0.3 is 5.32 Å². The number of halogens is 2. The number of aromatic nitrogens is 1. The molecule has 1 unspecified atom stereocenters. The van der Waals surface area contributed by atoms with Crippen LogP contribution in [0.2, 0.25) is 5.02 Å². The first kappa shape index (κ1) is 12.0. The van der Waals surface area contributed by atoms with Gasteiger partial charge in [-0.05, 0) is 30.8 Å². The van der Waals surface area contributed by atoms with E-state index < -0.39 is 0 Å². The van der Waals surface area contributed by atoms with Gasteiger partial charge in [0.15, 0.2) is 0 Å². The molecular weight excluding hydrogens is 239 g/mol. The predicted octanol–water partition coefficient (Wildman–Crippen LogP) is 3.18. The first-order valence-corrected chi connectivity index (χ1v) is 5.64. The average molecular weight is 251 g/mol. The van der Waals surface area contributed by atoms with Crippen molar-refractivity contribution < 1.29 is 4.39 Å². The quantitative estimate of drug-likeness (QED) is 0.905. The number of pyridine rings is 1. The number of hydrogen-bond donors (Lipinski definition) is 1. The predicted molar refractivity (Wildman–Crippen MR) is 66.5 cm³/mol. The van der Waals surface area contributed by atoms with Crippen LogP contribution in [0.4, 0.5) is 4.39 Å². The summed E-state index contributed by atoms with van der Waals surface area (Å²) in [7, 11) is 1.75. The van der Waals surface area contributed by atoms with Crippen molar-refractivity contribution in [1.82, 2.24) is 10.3 Å². The van der Waals surface area contributed by atoms with Gasteiger partial charge in [0.1, 0.15) is 5.82 Å². The molecule has 17 heavy (non-hydrogen) atoms. The third-order valence-corrected chi connectivity index (χ3v) is 2.91. The van der Waals surface area contributed by atoms with Crippen molar-refractivity contribution >= 4 is 11.6 Å². The maximum absolute atomic E-state index is 13.7. The number of nitrogens with one attached hydrogen (secondary N) is 1. The van der Waals surface area contributed by atoms with Crippen LogP contribution >= 0.6 is 11.6 Å². The molecule has 0 amide bonds. The van der Waals surface area contributed by atoms with E-state index in [-0.39, 0.29) is 11.9 Å². The molecule has 0 spiro atoms. The molecule has 1 aromatic heterocycles. The van der Waals surface area contributed by atoms with Crippen LogP contribution in [0.3, 0.4) is 0 Å². The van der Waals surface area contributed by atoms with Gasteiger partial charge in [0.2, 0.25) is 0 Å². The highest BCUT2D eigenvalue weighted by atomic mass is 35.5. The Bertz CT molecular complexity index is 471. The molecule has 0 fully saturated rings. The van der Waals surface area contributed by atoms with Crippen molar-refractivity contribution in [3.05, 3.63) is 64.7 Å². The molecule has 2 nitrogen and oxygen atoms in total. The van der Waals surface area contributed by atoms with Gasteiger partial charge in [-0.3, -0.25) is 4.98 Å². The van der Waals surface area contributed by atoms with Gasteiger partial charge in [-0.1, -0.05) is 29.8 Å². The third-order valence-electron chi connectivity index (χ3n) is 2.57. The van der Waals surface area contributed by atoms with Gasteiger partial charge in [0, 0.05) is 11.2 Å². The lowest BCUT2D eigenvalue weighted by Crippen LogP contribution is -2.20. The van der Waals surface area contributed by atoms with E-state index >= 15 is 0 Å². The third kappa shape index (κ3) is 2.46. The van der Waals surface area contributed by atoms with Gasteiger partial charge in [-0.25, -0.2) is 4.39 Å². The molecule has 0 radical (unpaired) electrons. The first-order chi connectivity index (χ1) is 8.24. The summed E-state index contributed by atoms with van der Waals surface area (Å²) in [6.07, 6.45) is 1.57. The fourth-order valence-electron chi connectivity index (χ4n) is 1.76. The Kier molecular flexibility index (Phi) is 3.71. The summed E-state index contributed by atoms with van der Waals surface area (Å²) in [5, 5.41) is 3.62. The number of nitrogens with zero attached hydrogens (tertiary/aromatic N) is 1. The van der Waals surface area contributed by atoms with E-state index in [0.29, 0.717) is 10.7 Å².